The highest BCUT2D eigenvalue weighted by Crippen LogP contribution is 2.31. The van der Waals surface area contributed by atoms with Gasteiger partial charge in [0.25, 0.3) is 0 Å². The number of hydrogen-bond acceptors (Lipinski definition) is 3. The first-order chi connectivity index (χ1) is 7.69. The molecule has 0 aliphatic carbocycles. The molecule has 1 aromatic carbocycles. The summed E-state index contributed by atoms with van der Waals surface area (Å²) in [6.07, 6.45) is 2.35. The van der Waals surface area contributed by atoms with Gasteiger partial charge in [0.1, 0.15) is 17.2 Å². The SMILES string of the molecule is CCCC(C)COc1cccc(OC)c1N. The van der Waals surface area contributed by atoms with Crippen molar-refractivity contribution in [1.82, 2.24) is 0 Å². The quantitative estimate of drug-likeness (QED) is 0.754. The Kier molecular flexibility index (Phi) is 4.96. The van der Waals surface area contributed by atoms with Crippen LogP contribution < -0.4 is 15.2 Å². The summed E-state index contributed by atoms with van der Waals surface area (Å²) in [6, 6.07) is 5.59. The maximum Gasteiger partial charge on any atom is 0.146 e. The molecule has 0 spiro atoms. The highest BCUT2D eigenvalue weighted by molar-refractivity contribution is 5.62. The molecule has 0 amide bonds. The summed E-state index contributed by atoms with van der Waals surface area (Å²) in [5.74, 6) is 1.93. The lowest BCUT2D eigenvalue weighted by Crippen LogP contribution is -2.09. The molecule has 0 aromatic heterocycles. The van der Waals surface area contributed by atoms with Crippen LogP contribution in [0.2, 0.25) is 0 Å². The average Bonchev–Trinajstić information content (AvgIpc) is 2.28. The van der Waals surface area contributed by atoms with Crippen molar-refractivity contribution in [2.75, 3.05) is 19.5 Å². The Morgan fingerprint density at radius 3 is 2.62 bits per heavy atom. The van der Waals surface area contributed by atoms with E-state index in [9.17, 15) is 0 Å². The first-order valence-corrected chi connectivity index (χ1v) is 5.74. The molecule has 0 saturated heterocycles. The fraction of sp³-hybridized carbons (Fsp3) is 0.538. The first-order valence-electron chi connectivity index (χ1n) is 5.74. The van der Waals surface area contributed by atoms with Crippen molar-refractivity contribution in [3.8, 4) is 11.5 Å². The second-order valence-corrected chi connectivity index (χ2v) is 4.08. The molecule has 1 rings (SSSR count). The van der Waals surface area contributed by atoms with Crippen LogP contribution in [0.25, 0.3) is 0 Å². The van der Waals surface area contributed by atoms with Crippen molar-refractivity contribution in [2.24, 2.45) is 5.92 Å². The minimum absolute atomic E-state index is 0.551. The smallest absolute Gasteiger partial charge is 0.146 e. The molecule has 1 unspecified atom stereocenters. The Morgan fingerprint density at radius 2 is 2.00 bits per heavy atom. The van der Waals surface area contributed by atoms with Gasteiger partial charge >= 0.3 is 0 Å². The number of rotatable bonds is 6. The second-order valence-electron chi connectivity index (χ2n) is 4.08. The molecule has 0 aliphatic heterocycles. The third-order valence-electron chi connectivity index (χ3n) is 2.55. The number of ether oxygens (including phenoxy) is 2. The molecule has 0 radical (unpaired) electrons. The molecule has 90 valence electrons. The topological polar surface area (TPSA) is 44.5 Å². The van der Waals surface area contributed by atoms with Gasteiger partial charge in [0.15, 0.2) is 0 Å². The maximum absolute atomic E-state index is 5.90. The monoisotopic (exact) mass is 223 g/mol. The molecular formula is C13H21NO2. The lowest BCUT2D eigenvalue weighted by molar-refractivity contribution is 0.252. The van der Waals surface area contributed by atoms with Crippen molar-refractivity contribution in [1.29, 1.82) is 0 Å². The number of benzene rings is 1. The lowest BCUT2D eigenvalue weighted by atomic mass is 10.1. The number of methoxy groups -OCH3 is 1. The normalized spacial score (nSPS) is 12.2. The molecule has 1 atom stereocenters. The zero-order valence-corrected chi connectivity index (χ0v) is 10.3. The summed E-state index contributed by atoms with van der Waals surface area (Å²) < 4.78 is 10.8. The molecule has 3 heteroatoms. The molecule has 2 N–H and O–H groups in total. The van der Waals surface area contributed by atoms with Crippen molar-refractivity contribution in [2.45, 2.75) is 26.7 Å². The van der Waals surface area contributed by atoms with Crippen LogP contribution in [-0.2, 0) is 0 Å². The van der Waals surface area contributed by atoms with E-state index in [1.165, 1.54) is 12.8 Å². The fourth-order valence-corrected chi connectivity index (χ4v) is 1.64. The molecule has 0 heterocycles. The van der Waals surface area contributed by atoms with Crippen LogP contribution in [-0.4, -0.2) is 13.7 Å². The van der Waals surface area contributed by atoms with E-state index in [0.717, 1.165) is 0 Å². The van der Waals surface area contributed by atoms with Gasteiger partial charge < -0.3 is 15.2 Å². The van der Waals surface area contributed by atoms with Gasteiger partial charge in [-0.15, -0.1) is 0 Å². The largest absolute Gasteiger partial charge is 0.494 e. The van der Waals surface area contributed by atoms with E-state index < -0.39 is 0 Å². The van der Waals surface area contributed by atoms with Gasteiger partial charge in [0.2, 0.25) is 0 Å². The van der Waals surface area contributed by atoms with Crippen LogP contribution in [0, 0.1) is 5.92 Å². The zero-order valence-electron chi connectivity index (χ0n) is 10.3. The first kappa shape index (κ1) is 12.7. The molecule has 0 fully saturated rings. The van der Waals surface area contributed by atoms with Gasteiger partial charge in [-0.3, -0.25) is 0 Å². The van der Waals surface area contributed by atoms with Gasteiger partial charge in [-0.1, -0.05) is 26.3 Å². The van der Waals surface area contributed by atoms with Crippen LogP contribution in [0.15, 0.2) is 18.2 Å². The molecular weight excluding hydrogens is 202 g/mol. The molecule has 0 aliphatic rings. The molecule has 16 heavy (non-hydrogen) atoms. The summed E-state index contributed by atoms with van der Waals surface area (Å²) in [6.45, 7) is 5.06. The summed E-state index contributed by atoms with van der Waals surface area (Å²) in [5, 5.41) is 0. The van der Waals surface area contributed by atoms with Gasteiger partial charge in [-0.05, 0) is 24.5 Å². The second kappa shape index (κ2) is 6.26. The van der Waals surface area contributed by atoms with E-state index in [-0.39, 0.29) is 0 Å². The Hall–Kier alpha value is -1.38. The van der Waals surface area contributed by atoms with Gasteiger partial charge in [0, 0.05) is 0 Å². The van der Waals surface area contributed by atoms with Crippen molar-refractivity contribution in [3.05, 3.63) is 18.2 Å². The minimum Gasteiger partial charge on any atom is -0.494 e. The van der Waals surface area contributed by atoms with Gasteiger partial charge in [0.05, 0.1) is 13.7 Å². The van der Waals surface area contributed by atoms with Crippen LogP contribution in [0.1, 0.15) is 26.7 Å². The predicted octanol–water partition coefficient (Wildman–Crippen LogP) is 3.09. The number of nitrogen functional groups attached to an aromatic ring is 1. The van der Waals surface area contributed by atoms with E-state index >= 15 is 0 Å². The summed E-state index contributed by atoms with van der Waals surface area (Å²) in [5.41, 5.74) is 6.48. The Balaban J connectivity index is 2.60. The highest BCUT2D eigenvalue weighted by Gasteiger charge is 2.07. The van der Waals surface area contributed by atoms with Crippen molar-refractivity contribution >= 4 is 5.69 Å². The zero-order chi connectivity index (χ0) is 12.0. The molecule has 0 bridgehead atoms. The standard InChI is InChI=1S/C13H21NO2/c1-4-6-10(2)9-16-12-8-5-7-11(15-3)13(12)14/h5,7-8,10H,4,6,9,14H2,1-3H3. The Morgan fingerprint density at radius 1 is 1.31 bits per heavy atom. The molecule has 1 aromatic rings. The van der Waals surface area contributed by atoms with Crippen LogP contribution >= 0.6 is 0 Å². The molecule has 3 nitrogen and oxygen atoms in total. The van der Waals surface area contributed by atoms with E-state index in [2.05, 4.69) is 13.8 Å². The fourth-order valence-electron chi connectivity index (χ4n) is 1.64. The van der Waals surface area contributed by atoms with Crippen LogP contribution in [0.3, 0.4) is 0 Å². The third-order valence-corrected chi connectivity index (χ3v) is 2.55. The summed E-state index contributed by atoms with van der Waals surface area (Å²) >= 11 is 0. The van der Waals surface area contributed by atoms with Crippen molar-refractivity contribution < 1.29 is 9.47 Å². The molecule has 0 saturated carbocycles. The maximum atomic E-state index is 5.90. The van der Waals surface area contributed by atoms with E-state index in [0.29, 0.717) is 29.7 Å². The lowest BCUT2D eigenvalue weighted by Gasteiger charge is -2.14. The summed E-state index contributed by atoms with van der Waals surface area (Å²) in [4.78, 5) is 0. The number of nitrogens with two attached hydrogens (primary N) is 1. The number of para-hydroxylation sites is 1. The van der Waals surface area contributed by atoms with Crippen LogP contribution in [0.4, 0.5) is 5.69 Å². The van der Waals surface area contributed by atoms with Crippen LogP contribution in [0.5, 0.6) is 11.5 Å². The Labute approximate surface area is 97.6 Å². The highest BCUT2D eigenvalue weighted by atomic mass is 16.5. The van der Waals surface area contributed by atoms with Gasteiger partial charge in [-0.2, -0.15) is 0 Å². The third kappa shape index (κ3) is 3.33. The predicted molar refractivity (Wildman–Crippen MR) is 67.0 cm³/mol. The number of hydrogen-bond donors (Lipinski definition) is 1. The minimum atomic E-state index is 0.551. The van der Waals surface area contributed by atoms with E-state index in [4.69, 9.17) is 15.2 Å². The van der Waals surface area contributed by atoms with Crippen molar-refractivity contribution in [3.63, 3.8) is 0 Å². The Bertz CT molecular complexity index is 326. The summed E-state index contributed by atoms with van der Waals surface area (Å²) in [7, 11) is 1.61. The number of anilines is 1. The van der Waals surface area contributed by atoms with E-state index in [1.54, 1.807) is 7.11 Å². The average molecular weight is 223 g/mol. The van der Waals surface area contributed by atoms with E-state index in [1.807, 2.05) is 18.2 Å². The van der Waals surface area contributed by atoms with Gasteiger partial charge in [-0.25, -0.2) is 0 Å².